The van der Waals surface area contributed by atoms with Crippen molar-refractivity contribution in [2.24, 2.45) is 17.3 Å². The first-order valence-corrected chi connectivity index (χ1v) is 6.12. The smallest absolute Gasteiger partial charge is 0.0141 e. The van der Waals surface area contributed by atoms with Gasteiger partial charge in [-0.15, -0.1) is 0 Å². The second-order valence-corrected chi connectivity index (χ2v) is 6.16. The average Bonchev–Trinajstić information content (AvgIpc) is 2.02. The molecule has 14 heavy (non-hydrogen) atoms. The van der Waals surface area contributed by atoms with Gasteiger partial charge in [0.1, 0.15) is 0 Å². The molecule has 1 saturated carbocycles. The molecule has 84 valence electrons. The highest BCUT2D eigenvalue weighted by Crippen LogP contribution is 2.36. The number of hydrogen-bond acceptors (Lipinski definition) is 1. The molecule has 0 aliphatic heterocycles. The van der Waals surface area contributed by atoms with Gasteiger partial charge in [0.15, 0.2) is 0 Å². The van der Waals surface area contributed by atoms with Crippen LogP contribution < -0.4 is 5.32 Å². The number of rotatable bonds is 2. The minimum atomic E-state index is 0.399. The van der Waals surface area contributed by atoms with Crippen molar-refractivity contribution in [2.75, 3.05) is 7.05 Å². The lowest BCUT2D eigenvalue weighted by atomic mass is 9.71. The molecule has 1 aliphatic rings. The van der Waals surface area contributed by atoms with Crippen LogP contribution in [0.25, 0.3) is 0 Å². The third-order valence-corrected chi connectivity index (χ3v) is 3.69. The fourth-order valence-corrected chi connectivity index (χ4v) is 3.16. The molecular formula is C13H27N. The van der Waals surface area contributed by atoms with Gasteiger partial charge in [0, 0.05) is 6.04 Å². The van der Waals surface area contributed by atoms with Crippen molar-refractivity contribution in [2.45, 2.75) is 59.4 Å². The largest absolute Gasteiger partial charge is 0.316 e. The molecule has 1 rings (SSSR count). The Morgan fingerprint density at radius 3 is 2.29 bits per heavy atom. The molecule has 0 amide bonds. The van der Waals surface area contributed by atoms with E-state index in [0.29, 0.717) is 11.5 Å². The third kappa shape index (κ3) is 2.98. The molecule has 0 aromatic rings. The first-order chi connectivity index (χ1) is 6.45. The molecule has 3 unspecified atom stereocenters. The Labute approximate surface area is 89.7 Å². The molecule has 1 aliphatic carbocycles. The zero-order valence-electron chi connectivity index (χ0n) is 10.6. The highest BCUT2D eigenvalue weighted by Gasteiger charge is 2.33. The summed E-state index contributed by atoms with van der Waals surface area (Å²) in [5, 5.41) is 3.53. The summed E-state index contributed by atoms with van der Waals surface area (Å²) in [4.78, 5) is 0. The van der Waals surface area contributed by atoms with Crippen LogP contribution in [0, 0.1) is 17.3 Å². The average molecular weight is 197 g/mol. The van der Waals surface area contributed by atoms with Gasteiger partial charge in [-0.1, -0.05) is 40.5 Å². The Morgan fingerprint density at radius 2 is 1.86 bits per heavy atom. The molecule has 0 aromatic heterocycles. The Bertz CT molecular complexity index is 169. The molecule has 0 saturated heterocycles. The van der Waals surface area contributed by atoms with Gasteiger partial charge in [0.05, 0.1) is 0 Å². The van der Waals surface area contributed by atoms with Gasteiger partial charge >= 0.3 is 0 Å². The minimum absolute atomic E-state index is 0.399. The maximum Gasteiger partial charge on any atom is 0.0141 e. The molecular weight excluding hydrogens is 170 g/mol. The van der Waals surface area contributed by atoms with Gasteiger partial charge < -0.3 is 5.32 Å². The molecule has 0 bridgehead atoms. The van der Waals surface area contributed by atoms with E-state index >= 15 is 0 Å². The molecule has 1 heteroatoms. The highest BCUT2D eigenvalue weighted by atomic mass is 14.9. The standard InChI is InChI=1S/C13H27N/c1-10-7-6-8-11(9-10)12(14-5)13(2,3)4/h10-12,14H,6-9H2,1-5H3. The van der Waals surface area contributed by atoms with Gasteiger partial charge in [0.25, 0.3) is 0 Å². The molecule has 1 nitrogen and oxygen atoms in total. The quantitative estimate of drug-likeness (QED) is 0.715. The Morgan fingerprint density at radius 1 is 1.21 bits per heavy atom. The summed E-state index contributed by atoms with van der Waals surface area (Å²) in [5.74, 6) is 1.83. The van der Waals surface area contributed by atoms with Gasteiger partial charge in [-0.3, -0.25) is 0 Å². The van der Waals surface area contributed by atoms with Gasteiger partial charge in [-0.05, 0) is 37.1 Å². The van der Waals surface area contributed by atoms with Gasteiger partial charge in [0.2, 0.25) is 0 Å². The summed E-state index contributed by atoms with van der Waals surface area (Å²) >= 11 is 0. The summed E-state index contributed by atoms with van der Waals surface area (Å²) in [7, 11) is 2.12. The van der Waals surface area contributed by atoms with E-state index in [1.165, 1.54) is 25.7 Å². The van der Waals surface area contributed by atoms with E-state index in [1.54, 1.807) is 0 Å². The van der Waals surface area contributed by atoms with Crippen LogP contribution in [0.4, 0.5) is 0 Å². The Balaban J connectivity index is 2.60. The maximum atomic E-state index is 3.53. The van der Waals surface area contributed by atoms with Crippen molar-refractivity contribution in [1.29, 1.82) is 0 Å². The SMILES string of the molecule is CNC(C1CCCC(C)C1)C(C)(C)C. The molecule has 0 radical (unpaired) electrons. The Hall–Kier alpha value is -0.0400. The van der Waals surface area contributed by atoms with E-state index < -0.39 is 0 Å². The first-order valence-electron chi connectivity index (χ1n) is 6.12. The summed E-state index contributed by atoms with van der Waals surface area (Å²) in [6, 6.07) is 0.685. The van der Waals surface area contributed by atoms with Crippen LogP contribution in [0.5, 0.6) is 0 Å². The summed E-state index contributed by atoms with van der Waals surface area (Å²) < 4.78 is 0. The molecule has 0 aromatic carbocycles. The lowest BCUT2D eigenvalue weighted by Gasteiger charge is -2.40. The van der Waals surface area contributed by atoms with E-state index in [9.17, 15) is 0 Å². The first kappa shape index (κ1) is 12.0. The van der Waals surface area contributed by atoms with Gasteiger partial charge in [-0.25, -0.2) is 0 Å². The molecule has 0 heterocycles. The number of nitrogens with one attached hydrogen (secondary N) is 1. The van der Waals surface area contributed by atoms with Crippen LogP contribution >= 0.6 is 0 Å². The summed E-state index contributed by atoms with van der Waals surface area (Å²) in [6.07, 6.45) is 5.72. The number of hydrogen-bond donors (Lipinski definition) is 1. The zero-order valence-corrected chi connectivity index (χ0v) is 10.6. The van der Waals surface area contributed by atoms with Crippen molar-refractivity contribution in [3.8, 4) is 0 Å². The second-order valence-electron chi connectivity index (χ2n) is 6.16. The highest BCUT2D eigenvalue weighted by molar-refractivity contribution is 4.88. The van der Waals surface area contributed by atoms with Crippen molar-refractivity contribution < 1.29 is 0 Å². The lowest BCUT2D eigenvalue weighted by molar-refractivity contribution is 0.144. The van der Waals surface area contributed by atoms with Crippen LogP contribution in [0.2, 0.25) is 0 Å². The van der Waals surface area contributed by atoms with E-state index in [2.05, 4.69) is 40.1 Å². The van der Waals surface area contributed by atoms with Crippen molar-refractivity contribution in [3.05, 3.63) is 0 Å². The predicted octanol–water partition coefficient (Wildman–Crippen LogP) is 3.45. The molecule has 1 N–H and O–H groups in total. The van der Waals surface area contributed by atoms with Gasteiger partial charge in [-0.2, -0.15) is 0 Å². The maximum absolute atomic E-state index is 3.53. The lowest BCUT2D eigenvalue weighted by Crippen LogP contribution is -2.45. The molecule has 3 atom stereocenters. The minimum Gasteiger partial charge on any atom is -0.316 e. The van der Waals surface area contributed by atoms with Crippen LogP contribution in [-0.2, 0) is 0 Å². The summed E-state index contributed by atoms with van der Waals surface area (Å²) in [5.41, 5.74) is 0.399. The molecule has 0 spiro atoms. The van der Waals surface area contributed by atoms with E-state index in [4.69, 9.17) is 0 Å². The van der Waals surface area contributed by atoms with E-state index in [1.807, 2.05) is 0 Å². The van der Waals surface area contributed by atoms with E-state index in [-0.39, 0.29) is 0 Å². The van der Waals surface area contributed by atoms with Crippen LogP contribution in [0.15, 0.2) is 0 Å². The normalized spacial score (nSPS) is 31.5. The fourth-order valence-electron chi connectivity index (χ4n) is 3.16. The van der Waals surface area contributed by atoms with Crippen molar-refractivity contribution in [3.63, 3.8) is 0 Å². The molecule has 1 fully saturated rings. The second kappa shape index (κ2) is 4.65. The Kier molecular flexibility index (Phi) is 4.00. The predicted molar refractivity (Wildman–Crippen MR) is 63.4 cm³/mol. The van der Waals surface area contributed by atoms with E-state index in [0.717, 1.165) is 11.8 Å². The zero-order chi connectivity index (χ0) is 10.8. The topological polar surface area (TPSA) is 12.0 Å². The summed E-state index contributed by atoms with van der Waals surface area (Å²) in [6.45, 7) is 9.47. The third-order valence-electron chi connectivity index (χ3n) is 3.69. The fraction of sp³-hybridized carbons (Fsp3) is 1.00. The van der Waals surface area contributed by atoms with Crippen LogP contribution in [-0.4, -0.2) is 13.1 Å². The van der Waals surface area contributed by atoms with Crippen molar-refractivity contribution in [1.82, 2.24) is 5.32 Å². The van der Waals surface area contributed by atoms with Crippen LogP contribution in [0.3, 0.4) is 0 Å². The monoisotopic (exact) mass is 197 g/mol. The van der Waals surface area contributed by atoms with Crippen molar-refractivity contribution >= 4 is 0 Å². The van der Waals surface area contributed by atoms with Crippen LogP contribution in [0.1, 0.15) is 53.4 Å².